The van der Waals surface area contributed by atoms with Crippen molar-refractivity contribution in [3.05, 3.63) is 29.0 Å². The predicted octanol–water partition coefficient (Wildman–Crippen LogP) is 1.55. The third-order valence-electron chi connectivity index (χ3n) is 2.28. The molecule has 2 aromatic heterocycles. The molecule has 0 aromatic carbocycles. The molecule has 0 bridgehead atoms. The van der Waals surface area contributed by atoms with Crippen molar-refractivity contribution in [1.82, 2.24) is 14.8 Å². The van der Waals surface area contributed by atoms with Crippen LogP contribution < -0.4 is 5.32 Å². The van der Waals surface area contributed by atoms with Gasteiger partial charge in [0.15, 0.2) is 10.8 Å². The van der Waals surface area contributed by atoms with Gasteiger partial charge in [-0.3, -0.25) is 4.68 Å². The fourth-order valence-corrected chi connectivity index (χ4v) is 2.13. The zero-order valence-corrected chi connectivity index (χ0v) is 11.0. The highest BCUT2D eigenvalue weighted by atomic mass is 32.1. The van der Waals surface area contributed by atoms with Crippen LogP contribution in [0.1, 0.15) is 16.1 Å². The summed E-state index contributed by atoms with van der Waals surface area (Å²) in [6, 6.07) is 0. The normalized spacial score (nSPS) is 10.3. The standard InChI is InChI=1S/C11H14N4O2S/c1-8-5-13-15(6-8)4-3-12-11-14-9(7-18-11)10(16)17-2/h5-7H,3-4H2,1-2H3,(H,12,14). The number of nitrogens with zero attached hydrogens (tertiary/aromatic N) is 3. The molecular formula is C11H14N4O2S. The summed E-state index contributed by atoms with van der Waals surface area (Å²) in [4.78, 5) is 15.3. The fraction of sp³-hybridized carbons (Fsp3) is 0.364. The summed E-state index contributed by atoms with van der Waals surface area (Å²) < 4.78 is 6.45. The highest BCUT2D eigenvalue weighted by Crippen LogP contribution is 2.15. The van der Waals surface area contributed by atoms with Gasteiger partial charge in [-0.05, 0) is 12.5 Å². The van der Waals surface area contributed by atoms with Gasteiger partial charge in [0, 0.05) is 18.1 Å². The fourth-order valence-electron chi connectivity index (χ4n) is 1.42. The van der Waals surface area contributed by atoms with E-state index in [1.807, 2.05) is 24.0 Å². The molecule has 2 aromatic rings. The molecule has 0 spiro atoms. The van der Waals surface area contributed by atoms with Crippen molar-refractivity contribution < 1.29 is 9.53 Å². The Morgan fingerprint density at radius 2 is 2.44 bits per heavy atom. The first-order valence-electron chi connectivity index (χ1n) is 5.46. The minimum Gasteiger partial charge on any atom is -0.464 e. The van der Waals surface area contributed by atoms with E-state index in [-0.39, 0.29) is 0 Å². The molecule has 0 saturated carbocycles. The maximum atomic E-state index is 11.2. The lowest BCUT2D eigenvalue weighted by Crippen LogP contribution is -2.11. The third-order valence-corrected chi connectivity index (χ3v) is 3.08. The molecule has 0 amide bonds. The monoisotopic (exact) mass is 266 g/mol. The van der Waals surface area contributed by atoms with Gasteiger partial charge in [-0.25, -0.2) is 9.78 Å². The number of rotatable bonds is 5. The lowest BCUT2D eigenvalue weighted by Gasteiger charge is -2.02. The molecule has 18 heavy (non-hydrogen) atoms. The van der Waals surface area contributed by atoms with Crippen LogP contribution in [0.4, 0.5) is 5.13 Å². The summed E-state index contributed by atoms with van der Waals surface area (Å²) in [5, 5.41) is 9.70. The lowest BCUT2D eigenvalue weighted by molar-refractivity contribution is 0.0595. The average molecular weight is 266 g/mol. The maximum absolute atomic E-state index is 11.2. The number of methoxy groups -OCH3 is 1. The van der Waals surface area contributed by atoms with Crippen molar-refractivity contribution in [3.8, 4) is 0 Å². The quantitative estimate of drug-likeness (QED) is 0.831. The topological polar surface area (TPSA) is 69.0 Å². The molecule has 96 valence electrons. The van der Waals surface area contributed by atoms with Gasteiger partial charge in [0.1, 0.15) is 0 Å². The van der Waals surface area contributed by atoms with Crippen LogP contribution in [0.3, 0.4) is 0 Å². The van der Waals surface area contributed by atoms with E-state index < -0.39 is 5.97 Å². The highest BCUT2D eigenvalue weighted by Gasteiger charge is 2.09. The number of carbonyl (C=O) groups excluding carboxylic acids is 1. The maximum Gasteiger partial charge on any atom is 0.357 e. The number of aromatic nitrogens is 3. The van der Waals surface area contributed by atoms with Gasteiger partial charge in [-0.1, -0.05) is 0 Å². The predicted molar refractivity (Wildman–Crippen MR) is 68.9 cm³/mol. The van der Waals surface area contributed by atoms with Crippen LogP contribution >= 0.6 is 11.3 Å². The van der Waals surface area contributed by atoms with E-state index in [2.05, 4.69) is 20.1 Å². The van der Waals surface area contributed by atoms with Gasteiger partial charge in [0.2, 0.25) is 0 Å². The van der Waals surface area contributed by atoms with Gasteiger partial charge in [0.05, 0.1) is 19.9 Å². The molecule has 0 radical (unpaired) electrons. The number of aryl methyl sites for hydroxylation is 1. The second-order valence-corrected chi connectivity index (χ2v) is 4.60. The van der Waals surface area contributed by atoms with Crippen LogP contribution in [0.25, 0.3) is 0 Å². The van der Waals surface area contributed by atoms with Crippen LogP contribution in [0.2, 0.25) is 0 Å². The number of esters is 1. The molecule has 0 fully saturated rings. The number of hydrogen-bond donors (Lipinski definition) is 1. The Bertz CT molecular complexity index is 535. The molecule has 0 atom stereocenters. The van der Waals surface area contributed by atoms with Crippen LogP contribution in [-0.4, -0.2) is 34.4 Å². The number of carbonyl (C=O) groups is 1. The van der Waals surface area contributed by atoms with Gasteiger partial charge in [-0.2, -0.15) is 5.10 Å². The Kier molecular flexibility index (Phi) is 3.93. The van der Waals surface area contributed by atoms with E-state index in [9.17, 15) is 4.79 Å². The number of anilines is 1. The number of hydrogen-bond acceptors (Lipinski definition) is 6. The van der Waals surface area contributed by atoms with Crippen molar-refractivity contribution in [2.24, 2.45) is 0 Å². The van der Waals surface area contributed by atoms with E-state index in [1.54, 1.807) is 5.38 Å². The summed E-state index contributed by atoms with van der Waals surface area (Å²) in [6.07, 6.45) is 3.79. The average Bonchev–Trinajstić information content (AvgIpc) is 2.98. The summed E-state index contributed by atoms with van der Waals surface area (Å²) in [7, 11) is 1.34. The van der Waals surface area contributed by atoms with Crippen LogP contribution in [0.15, 0.2) is 17.8 Å². The van der Waals surface area contributed by atoms with E-state index >= 15 is 0 Å². The summed E-state index contributed by atoms with van der Waals surface area (Å²) in [5.74, 6) is -0.415. The second kappa shape index (κ2) is 5.63. The van der Waals surface area contributed by atoms with Crippen LogP contribution in [-0.2, 0) is 11.3 Å². The minimum absolute atomic E-state index is 0.333. The Morgan fingerprint density at radius 1 is 1.61 bits per heavy atom. The third kappa shape index (κ3) is 3.07. The van der Waals surface area contributed by atoms with Gasteiger partial charge in [-0.15, -0.1) is 11.3 Å². The summed E-state index contributed by atoms with van der Waals surface area (Å²) in [5.41, 5.74) is 1.47. The van der Waals surface area contributed by atoms with Gasteiger partial charge >= 0.3 is 5.97 Å². The van der Waals surface area contributed by atoms with Gasteiger partial charge in [0.25, 0.3) is 0 Å². The number of ether oxygens (including phenoxy) is 1. The summed E-state index contributed by atoms with van der Waals surface area (Å²) in [6.45, 7) is 3.45. The molecule has 7 heteroatoms. The molecule has 2 rings (SSSR count). The molecule has 0 saturated heterocycles. The highest BCUT2D eigenvalue weighted by molar-refractivity contribution is 7.13. The lowest BCUT2D eigenvalue weighted by atomic mass is 10.4. The van der Waals surface area contributed by atoms with E-state index in [0.29, 0.717) is 17.4 Å². The zero-order valence-electron chi connectivity index (χ0n) is 10.2. The van der Waals surface area contributed by atoms with Crippen LogP contribution in [0.5, 0.6) is 0 Å². The number of nitrogens with one attached hydrogen (secondary N) is 1. The molecule has 0 aliphatic heterocycles. The molecule has 0 aliphatic carbocycles. The van der Waals surface area contributed by atoms with Gasteiger partial charge < -0.3 is 10.1 Å². The molecule has 2 heterocycles. The van der Waals surface area contributed by atoms with E-state index in [1.165, 1.54) is 18.4 Å². The largest absolute Gasteiger partial charge is 0.464 e. The van der Waals surface area contributed by atoms with Crippen molar-refractivity contribution in [3.63, 3.8) is 0 Å². The van der Waals surface area contributed by atoms with E-state index in [4.69, 9.17) is 0 Å². The van der Waals surface area contributed by atoms with Crippen molar-refractivity contribution in [2.75, 3.05) is 19.0 Å². The number of thiazole rings is 1. The Morgan fingerprint density at radius 3 is 3.11 bits per heavy atom. The zero-order chi connectivity index (χ0) is 13.0. The Labute approximate surface area is 109 Å². The SMILES string of the molecule is COC(=O)c1csc(NCCn2cc(C)cn2)n1. The smallest absolute Gasteiger partial charge is 0.357 e. The van der Waals surface area contributed by atoms with Crippen molar-refractivity contribution >= 4 is 22.4 Å². The summed E-state index contributed by atoms with van der Waals surface area (Å²) >= 11 is 1.38. The van der Waals surface area contributed by atoms with Crippen molar-refractivity contribution in [2.45, 2.75) is 13.5 Å². The van der Waals surface area contributed by atoms with E-state index in [0.717, 1.165) is 12.1 Å². The first kappa shape index (κ1) is 12.6. The molecule has 0 unspecified atom stereocenters. The Hall–Kier alpha value is -1.89. The first-order chi connectivity index (χ1) is 8.69. The molecule has 6 nitrogen and oxygen atoms in total. The van der Waals surface area contributed by atoms with Crippen LogP contribution in [0, 0.1) is 6.92 Å². The second-order valence-electron chi connectivity index (χ2n) is 3.74. The first-order valence-corrected chi connectivity index (χ1v) is 6.34. The minimum atomic E-state index is -0.415. The molecular weight excluding hydrogens is 252 g/mol. The molecule has 0 aliphatic rings. The molecule has 1 N–H and O–H groups in total. The Balaban J connectivity index is 1.83. The van der Waals surface area contributed by atoms with Crippen molar-refractivity contribution in [1.29, 1.82) is 0 Å².